The monoisotopic (exact) mass is 248 g/mol. The van der Waals surface area contributed by atoms with Crippen LogP contribution in [-0.4, -0.2) is 37.1 Å². The summed E-state index contributed by atoms with van der Waals surface area (Å²) in [5.74, 6) is -0.396. The lowest BCUT2D eigenvalue weighted by Gasteiger charge is -2.35. The number of hydrogen-bond acceptors (Lipinski definition) is 4. The first-order valence-electron chi connectivity index (χ1n) is 6.30. The van der Waals surface area contributed by atoms with Crippen LogP contribution in [0.3, 0.4) is 0 Å². The molecule has 4 heteroatoms. The van der Waals surface area contributed by atoms with Crippen LogP contribution in [0.4, 0.5) is 0 Å². The Balaban J connectivity index is 1.97. The van der Waals surface area contributed by atoms with Crippen molar-refractivity contribution >= 4 is 5.97 Å². The first kappa shape index (κ1) is 13.1. The number of nitrogens with two attached hydrogens (primary N) is 1. The number of carbonyl (C=O) groups excluding carboxylic acids is 1. The van der Waals surface area contributed by atoms with Gasteiger partial charge in [-0.2, -0.15) is 0 Å². The Bertz CT molecular complexity index is 394. The van der Waals surface area contributed by atoms with E-state index in [1.807, 2.05) is 18.2 Å². The number of rotatable bonds is 3. The predicted octanol–water partition coefficient (Wildman–Crippen LogP) is 1.01. The van der Waals surface area contributed by atoms with E-state index in [1.54, 1.807) is 0 Å². The van der Waals surface area contributed by atoms with E-state index >= 15 is 0 Å². The van der Waals surface area contributed by atoms with Crippen LogP contribution < -0.4 is 5.73 Å². The zero-order chi connectivity index (χ0) is 13.0. The molecular weight excluding hydrogens is 228 g/mol. The average molecular weight is 248 g/mol. The van der Waals surface area contributed by atoms with Crippen LogP contribution >= 0.6 is 0 Å². The fraction of sp³-hybridized carbons (Fsp3) is 0.500. The van der Waals surface area contributed by atoms with Crippen molar-refractivity contribution in [3.63, 3.8) is 0 Å². The summed E-state index contributed by atoms with van der Waals surface area (Å²) in [4.78, 5) is 13.9. The van der Waals surface area contributed by atoms with Crippen LogP contribution in [0.1, 0.15) is 12.0 Å². The molecule has 1 fully saturated rings. The van der Waals surface area contributed by atoms with Crippen molar-refractivity contribution in [3.05, 3.63) is 35.9 Å². The molecule has 0 amide bonds. The number of esters is 1. The Kier molecular flexibility index (Phi) is 4.33. The number of nitrogens with zero attached hydrogens (tertiary/aromatic N) is 1. The lowest BCUT2D eigenvalue weighted by atomic mass is 9.92. The van der Waals surface area contributed by atoms with Crippen molar-refractivity contribution < 1.29 is 9.53 Å². The molecule has 0 aromatic heterocycles. The number of hydrogen-bond donors (Lipinski definition) is 1. The average Bonchev–Trinajstić information content (AvgIpc) is 2.41. The molecule has 4 nitrogen and oxygen atoms in total. The second kappa shape index (κ2) is 5.98. The molecule has 0 aliphatic carbocycles. The molecule has 18 heavy (non-hydrogen) atoms. The molecule has 2 N–H and O–H groups in total. The second-order valence-electron chi connectivity index (χ2n) is 4.80. The van der Waals surface area contributed by atoms with Gasteiger partial charge in [-0.1, -0.05) is 30.3 Å². The molecule has 98 valence electrons. The topological polar surface area (TPSA) is 55.6 Å². The number of methoxy groups -OCH3 is 1. The molecule has 1 aliphatic heterocycles. The van der Waals surface area contributed by atoms with Gasteiger partial charge in [0, 0.05) is 25.7 Å². The molecule has 1 aromatic carbocycles. The molecule has 0 bridgehead atoms. The maximum Gasteiger partial charge on any atom is 0.311 e. The SMILES string of the molecule is COC(=O)[C@@H]1CN(Cc2ccccc2)CC[C@H]1N. The number of piperidine rings is 1. The highest BCUT2D eigenvalue weighted by atomic mass is 16.5. The van der Waals surface area contributed by atoms with E-state index in [0.717, 1.165) is 19.5 Å². The van der Waals surface area contributed by atoms with Gasteiger partial charge < -0.3 is 10.5 Å². The van der Waals surface area contributed by atoms with Gasteiger partial charge in [-0.25, -0.2) is 0 Å². The minimum absolute atomic E-state index is 0.0792. The summed E-state index contributed by atoms with van der Waals surface area (Å²) in [5, 5.41) is 0. The van der Waals surface area contributed by atoms with Crippen molar-refractivity contribution in [1.29, 1.82) is 0 Å². The molecular formula is C14H20N2O2. The van der Waals surface area contributed by atoms with Crippen LogP contribution in [0.25, 0.3) is 0 Å². The number of likely N-dealkylation sites (tertiary alicyclic amines) is 1. The lowest BCUT2D eigenvalue weighted by Crippen LogP contribution is -2.50. The molecule has 0 unspecified atom stereocenters. The fourth-order valence-electron chi connectivity index (χ4n) is 2.42. The summed E-state index contributed by atoms with van der Waals surface area (Å²) >= 11 is 0. The standard InChI is InChI=1S/C14H20N2O2/c1-18-14(17)12-10-16(8-7-13(12)15)9-11-5-3-2-4-6-11/h2-6,12-13H,7-10,15H2,1H3/t12-,13-/m1/s1. The Hall–Kier alpha value is -1.39. The largest absolute Gasteiger partial charge is 0.469 e. The molecule has 1 heterocycles. The van der Waals surface area contributed by atoms with Crippen LogP contribution in [0, 0.1) is 5.92 Å². The fourth-order valence-corrected chi connectivity index (χ4v) is 2.42. The molecule has 2 rings (SSSR count). The van der Waals surface area contributed by atoms with Crippen molar-refractivity contribution in [3.8, 4) is 0 Å². The van der Waals surface area contributed by atoms with Crippen LogP contribution in [0.2, 0.25) is 0 Å². The van der Waals surface area contributed by atoms with Gasteiger partial charge in [-0.3, -0.25) is 9.69 Å². The van der Waals surface area contributed by atoms with Crippen molar-refractivity contribution in [2.75, 3.05) is 20.2 Å². The number of benzene rings is 1. The third kappa shape index (κ3) is 3.09. The molecule has 0 saturated carbocycles. The van der Waals surface area contributed by atoms with Gasteiger partial charge in [0.05, 0.1) is 13.0 Å². The van der Waals surface area contributed by atoms with Crippen LogP contribution in [0.15, 0.2) is 30.3 Å². The van der Waals surface area contributed by atoms with Crippen LogP contribution in [-0.2, 0) is 16.1 Å². The van der Waals surface area contributed by atoms with Crippen LogP contribution in [0.5, 0.6) is 0 Å². The van der Waals surface area contributed by atoms with Gasteiger partial charge in [-0.05, 0) is 12.0 Å². The zero-order valence-electron chi connectivity index (χ0n) is 10.7. The molecule has 1 aromatic rings. The highest BCUT2D eigenvalue weighted by Crippen LogP contribution is 2.19. The Morgan fingerprint density at radius 1 is 1.44 bits per heavy atom. The van der Waals surface area contributed by atoms with E-state index < -0.39 is 0 Å². The lowest BCUT2D eigenvalue weighted by molar-refractivity contribution is -0.148. The van der Waals surface area contributed by atoms with Gasteiger partial charge in [0.25, 0.3) is 0 Å². The summed E-state index contributed by atoms with van der Waals surface area (Å²) in [6.07, 6.45) is 0.840. The van der Waals surface area contributed by atoms with Crippen molar-refractivity contribution in [2.24, 2.45) is 11.7 Å². The van der Waals surface area contributed by atoms with E-state index in [9.17, 15) is 4.79 Å². The summed E-state index contributed by atoms with van der Waals surface area (Å²) in [6, 6.07) is 10.2. The summed E-state index contributed by atoms with van der Waals surface area (Å²) in [7, 11) is 1.42. The summed E-state index contributed by atoms with van der Waals surface area (Å²) < 4.78 is 4.81. The molecule has 0 radical (unpaired) electrons. The Morgan fingerprint density at radius 2 is 2.17 bits per heavy atom. The Labute approximate surface area is 108 Å². The first-order chi connectivity index (χ1) is 8.70. The van der Waals surface area contributed by atoms with Crippen molar-refractivity contribution in [2.45, 2.75) is 19.0 Å². The number of ether oxygens (including phenoxy) is 1. The van der Waals surface area contributed by atoms with Gasteiger partial charge in [0.2, 0.25) is 0 Å². The first-order valence-corrected chi connectivity index (χ1v) is 6.30. The maximum absolute atomic E-state index is 11.6. The Morgan fingerprint density at radius 3 is 2.83 bits per heavy atom. The minimum Gasteiger partial charge on any atom is -0.469 e. The van der Waals surface area contributed by atoms with Gasteiger partial charge in [-0.15, -0.1) is 0 Å². The summed E-state index contributed by atoms with van der Waals surface area (Å²) in [6.45, 7) is 2.48. The number of carbonyl (C=O) groups is 1. The van der Waals surface area contributed by atoms with Gasteiger partial charge in [0.1, 0.15) is 0 Å². The smallest absolute Gasteiger partial charge is 0.311 e. The maximum atomic E-state index is 11.6. The normalized spacial score (nSPS) is 24.8. The highest BCUT2D eigenvalue weighted by molar-refractivity contribution is 5.73. The van der Waals surface area contributed by atoms with E-state index in [-0.39, 0.29) is 17.9 Å². The van der Waals surface area contributed by atoms with Crippen molar-refractivity contribution in [1.82, 2.24) is 4.90 Å². The zero-order valence-corrected chi connectivity index (χ0v) is 10.7. The third-order valence-corrected chi connectivity index (χ3v) is 3.50. The van der Waals surface area contributed by atoms with E-state index in [0.29, 0.717) is 6.54 Å². The minimum atomic E-state index is -0.201. The summed E-state index contributed by atoms with van der Waals surface area (Å²) in [5.41, 5.74) is 7.24. The molecule has 1 aliphatic rings. The molecule has 1 saturated heterocycles. The van der Waals surface area contributed by atoms with E-state index in [4.69, 9.17) is 10.5 Å². The second-order valence-corrected chi connectivity index (χ2v) is 4.80. The van der Waals surface area contributed by atoms with E-state index in [2.05, 4.69) is 17.0 Å². The van der Waals surface area contributed by atoms with Gasteiger partial charge in [0.15, 0.2) is 0 Å². The third-order valence-electron chi connectivity index (χ3n) is 3.50. The van der Waals surface area contributed by atoms with E-state index in [1.165, 1.54) is 12.7 Å². The molecule has 0 spiro atoms. The van der Waals surface area contributed by atoms with Gasteiger partial charge >= 0.3 is 5.97 Å². The predicted molar refractivity (Wildman–Crippen MR) is 69.8 cm³/mol. The quantitative estimate of drug-likeness (QED) is 0.811. The highest BCUT2D eigenvalue weighted by Gasteiger charge is 2.32. The molecule has 2 atom stereocenters.